The van der Waals surface area contributed by atoms with Gasteiger partial charge in [-0.15, -0.1) is 0 Å². The number of benzene rings is 2. The maximum absolute atomic E-state index is 12.8. The lowest BCUT2D eigenvalue weighted by molar-refractivity contribution is -0.118. The highest BCUT2D eigenvalue weighted by atomic mass is 16.5. The van der Waals surface area contributed by atoms with Crippen LogP contribution < -0.4 is 19.6 Å². The molecule has 26 heavy (non-hydrogen) atoms. The van der Waals surface area contributed by atoms with Crippen molar-refractivity contribution in [1.82, 2.24) is 0 Å². The van der Waals surface area contributed by atoms with Gasteiger partial charge in [-0.3, -0.25) is 9.59 Å². The first-order chi connectivity index (χ1) is 12.5. The normalized spacial score (nSPS) is 10.6. The monoisotopic (exact) mass is 354 g/mol. The molecule has 0 aliphatic rings. The molecule has 1 heterocycles. The van der Waals surface area contributed by atoms with Gasteiger partial charge >= 0.3 is 0 Å². The first-order valence-electron chi connectivity index (χ1n) is 8.00. The Morgan fingerprint density at radius 3 is 2.54 bits per heavy atom. The van der Waals surface area contributed by atoms with E-state index in [1.165, 1.54) is 14.0 Å². The zero-order valence-electron chi connectivity index (χ0n) is 14.7. The van der Waals surface area contributed by atoms with Gasteiger partial charge in [0.05, 0.1) is 12.5 Å². The molecule has 0 bridgehead atoms. The van der Waals surface area contributed by atoms with Crippen LogP contribution in [0.5, 0.6) is 23.0 Å². The second-order valence-corrected chi connectivity index (χ2v) is 5.72. The summed E-state index contributed by atoms with van der Waals surface area (Å²) in [6.07, 6.45) is 0. The van der Waals surface area contributed by atoms with Gasteiger partial charge in [-0.2, -0.15) is 0 Å². The molecule has 2 aromatic carbocycles. The summed E-state index contributed by atoms with van der Waals surface area (Å²) in [5.74, 6) is 1.72. The van der Waals surface area contributed by atoms with Crippen LogP contribution >= 0.6 is 0 Å². The molecule has 0 unspecified atom stereocenters. The number of ketones is 1. The lowest BCUT2D eigenvalue weighted by Crippen LogP contribution is -2.09. The molecule has 0 amide bonds. The van der Waals surface area contributed by atoms with Crippen molar-refractivity contribution in [2.45, 2.75) is 13.8 Å². The third-order valence-corrected chi connectivity index (χ3v) is 3.71. The van der Waals surface area contributed by atoms with Crippen LogP contribution in [0.25, 0.3) is 11.0 Å². The van der Waals surface area contributed by atoms with E-state index in [4.69, 9.17) is 18.6 Å². The fraction of sp³-hybridized carbons (Fsp3) is 0.200. The molecule has 134 valence electrons. The Bertz CT molecular complexity index is 1020. The number of carbonyl (C=O) groups is 1. The first kappa shape index (κ1) is 17.5. The minimum Gasteiger partial charge on any atom is -0.493 e. The molecular formula is C20H18O6. The van der Waals surface area contributed by atoms with E-state index in [1.54, 1.807) is 43.3 Å². The van der Waals surface area contributed by atoms with Crippen LogP contribution in [0.1, 0.15) is 12.7 Å². The quantitative estimate of drug-likeness (QED) is 0.669. The summed E-state index contributed by atoms with van der Waals surface area (Å²) in [4.78, 5) is 23.8. The topological polar surface area (TPSA) is 75.0 Å². The van der Waals surface area contributed by atoms with Crippen LogP contribution in [0.15, 0.2) is 51.7 Å². The number of para-hydroxylation sites is 2. The summed E-state index contributed by atoms with van der Waals surface area (Å²) < 4.78 is 22.1. The highest BCUT2D eigenvalue weighted by molar-refractivity contribution is 5.80. The lowest BCUT2D eigenvalue weighted by Gasteiger charge is -2.12. The first-order valence-corrected chi connectivity index (χ1v) is 8.00. The molecule has 0 aliphatic carbocycles. The summed E-state index contributed by atoms with van der Waals surface area (Å²) in [5.41, 5.74) is 0.0636. The minimum absolute atomic E-state index is 0.0380. The largest absolute Gasteiger partial charge is 0.493 e. The molecule has 6 heteroatoms. The van der Waals surface area contributed by atoms with Crippen LogP contribution in [0.3, 0.4) is 0 Å². The van der Waals surface area contributed by atoms with Crippen LogP contribution in [-0.4, -0.2) is 19.5 Å². The number of aryl methyl sites for hydroxylation is 1. The number of rotatable bonds is 6. The van der Waals surface area contributed by atoms with Crippen molar-refractivity contribution in [2.75, 3.05) is 13.7 Å². The van der Waals surface area contributed by atoms with Gasteiger partial charge in [-0.25, -0.2) is 0 Å². The Morgan fingerprint density at radius 1 is 1.12 bits per heavy atom. The molecule has 6 nitrogen and oxygen atoms in total. The number of hydrogen-bond acceptors (Lipinski definition) is 6. The van der Waals surface area contributed by atoms with E-state index in [9.17, 15) is 9.59 Å². The maximum atomic E-state index is 12.8. The average Bonchev–Trinajstić information content (AvgIpc) is 2.63. The van der Waals surface area contributed by atoms with Gasteiger partial charge in [-0.05, 0) is 38.1 Å². The number of Topliss-reactive ketones (excluding diaryl/α,β-unsaturated/α-hetero) is 1. The number of carbonyl (C=O) groups excluding carboxylic acids is 1. The molecular weight excluding hydrogens is 336 g/mol. The standard InChI is InChI=1S/C20H18O6/c1-12(21)11-24-14-8-9-15-18(10-14)25-13(2)20(19(15)22)26-17-7-5-4-6-16(17)23-3/h4-10H,11H2,1-3H3. The predicted octanol–water partition coefficient (Wildman–Crippen LogP) is 3.87. The summed E-state index contributed by atoms with van der Waals surface area (Å²) >= 11 is 0. The molecule has 0 saturated heterocycles. The molecule has 3 rings (SSSR count). The molecule has 0 N–H and O–H groups in total. The van der Waals surface area contributed by atoms with Gasteiger partial charge < -0.3 is 18.6 Å². The summed E-state index contributed by atoms with van der Waals surface area (Å²) in [6, 6.07) is 11.8. The Kier molecular flexibility index (Phi) is 4.93. The SMILES string of the molecule is COc1ccccc1Oc1c(C)oc2cc(OCC(C)=O)ccc2c1=O. The molecule has 0 fully saturated rings. The van der Waals surface area contributed by atoms with E-state index < -0.39 is 0 Å². The molecule has 3 aromatic rings. The highest BCUT2D eigenvalue weighted by Crippen LogP contribution is 2.32. The van der Waals surface area contributed by atoms with Crippen molar-refractivity contribution in [1.29, 1.82) is 0 Å². The lowest BCUT2D eigenvalue weighted by atomic mass is 10.2. The number of fused-ring (bicyclic) bond motifs is 1. The minimum atomic E-state index is -0.298. The van der Waals surface area contributed by atoms with E-state index in [0.717, 1.165) is 0 Å². The molecule has 0 aliphatic heterocycles. The third kappa shape index (κ3) is 3.54. The Labute approximate surface area is 149 Å². The summed E-state index contributed by atoms with van der Waals surface area (Å²) in [7, 11) is 1.53. The van der Waals surface area contributed by atoms with Crippen LogP contribution in [0.2, 0.25) is 0 Å². The van der Waals surface area contributed by atoms with E-state index in [1.807, 2.05) is 6.07 Å². The average molecular weight is 354 g/mol. The van der Waals surface area contributed by atoms with Gasteiger partial charge in [0.1, 0.15) is 23.7 Å². The van der Waals surface area contributed by atoms with Crippen LogP contribution in [0.4, 0.5) is 0 Å². The zero-order chi connectivity index (χ0) is 18.7. The summed E-state index contributed by atoms with van der Waals surface area (Å²) in [5, 5.41) is 0.357. The van der Waals surface area contributed by atoms with Crippen LogP contribution in [-0.2, 0) is 4.79 Å². The number of ether oxygens (including phenoxy) is 3. The van der Waals surface area contributed by atoms with Crippen molar-refractivity contribution < 1.29 is 23.4 Å². The Hall–Kier alpha value is -3.28. The van der Waals surface area contributed by atoms with Gasteiger partial charge in [-0.1, -0.05) is 12.1 Å². The zero-order valence-corrected chi connectivity index (χ0v) is 14.7. The van der Waals surface area contributed by atoms with Crippen molar-refractivity contribution in [3.05, 3.63) is 58.4 Å². The van der Waals surface area contributed by atoms with Crippen molar-refractivity contribution in [3.8, 4) is 23.0 Å². The van der Waals surface area contributed by atoms with Crippen molar-refractivity contribution in [2.24, 2.45) is 0 Å². The van der Waals surface area contributed by atoms with Gasteiger partial charge in [0.25, 0.3) is 0 Å². The third-order valence-electron chi connectivity index (χ3n) is 3.71. The Balaban J connectivity index is 2.01. The van der Waals surface area contributed by atoms with Gasteiger partial charge in [0, 0.05) is 6.07 Å². The van der Waals surface area contributed by atoms with E-state index in [0.29, 0.717) is 34.0 Å². The summed E-state index contributed by atoms with van der Waals surface area (Å²) in [6.45, 7) is 3.05. The van der Waals surface area contributed by atoms with Gasteiger partial charge in [0.2, 0.25) is 11.2 Å². The number of methoxy groups -OCH3 is 1. The number of hydrogen-bond donors (Lipinski definition) is 0. The second-order valence-electron chi connectivity index (χ2n) is 5.72. The molecule has 0 spiro atoms. The predicted molar refractivity (Wildman–Crippen MR) is 96.5 cm³/mol. The van der Waals surface area contributed by atoms with Gasteiger partial charge in [0.15, 0.2) is 17.3 Å². The Morgan fingerprint density at radius 2 is 1.85 bits per heavy atom. The molecule has 0 atom stereocenters. The molecule has 0 radical (unpaired) electrons. The fourth-order valence-corrected chi connectivity index (χ4v) is 2.47. The second kappa shape index (κ2) is 7.31. The van der Waals surface area contributed by atoms with E-state index >= 15 is 0 Å². The van der Waals surface area contributed by atoms with Crippen LogP contribution in [0, 0.1) is 6.92 Å². The molecule has 0 saturated carbocycles. The van der Waals surface area contributed by atoms with Crippen molar-refractivity contribution in [3.63, 3.8) is 0 Å². The highest BCUT2D eigenvalue weighted by Gasteiger charge is 2.16. The van der Waals surface area contributed by atoms with E-state index in [-0.39, 0.29) is 23.6 Å². The van der Waals surface area contributed by atoms with Crippen molar-refractivity contribution >= 4 is 16.8 Å². The smallest absolute Gasteiger partial charge is 0.235 e. The maximum Gasteiger partial charge on any atom is 0.235 e. The fourth-order valence-electron chi connectivity index (χ4n) is 2.47. The van der Waals surface area contributed by atoms with E-state index in [2.05, 4.69) is 0 Å². The molecule has 1 aromatic heterocycles.